The molecule has 1 aromatic heterocycles. The fourth-order valence-electron chi connectivity index (χ4n) is 3.19. The Morgan fingerprint density at radius 1 is 1.21 bits per heavy atom. The molecule has 0 radical (unpaired) electrons. The number of hydrogen-bond acceptors (Lipinski definition) is 8. The quantitative estimate of drug-likeness (QED) is 0.699. The summed E-state index contributed by atoms with van der Waals surface area (Å²) in [5.74, 6) is 2.05. The number of aromatic nitrogens is 4. The number of fused-ring (bicyclic) bond motifs is 1. The second-order valence-corrected chi connectivity index (χ2v) is 6.78. The van der Waals surface area contributed by atoms with Gasteiger partial charge in [0, 0.05) is 26.1 Å². The molecule has 0 bridgehead atoms. The average molecular weight is 388 g/mol. The molecule has 1 aromatic carbocycles. The van der Waals surface area contributed by atoms with Crippen molar-refractivity contribution in [2.45, 2.75) is 25.6 Å². The minimum Gasteiger partial charge on any atom is -0.486 e. The summed E-state index contributed by atoms with van der Waals surface area (Å²) in [6.07, 6.45) is 0.580. The molecular formula is C18H24N6O4. The monoisotopic (exact) mass is 388 g/mol. The van der Waals surface area contributed by atoms with Crippen LogP contribution >= 0.6 is 0 Å². The van der Waals surface area contributed by atoms with Crippen LogP contribution in [0.2, 0.25) is 0 Å². The lowest BCUT2D eigenvalue weighted by Crippen LogP contribution is -2.37. The van der Waals surface area contributed by atoms with Crippen LogP contribution in [0.1, 0.15) is 12.2 Å². The van der Waals surface area contributed by atoms with E-state index in [0.29, 0.717) is 45.2 Å². The van der Waals surface area contributed by atoms with Gasteiger partial charge in [-0.3, -0.25) is 9.69 Å². The van der Waals surface area contributed by atoms with E-state index < -0.39 is 0 Å². The summed E-state index contributed by atoms with van der Waals surface area (Å²) in [5.41, 5.74) is 0. The van der Waals surface area contributed by atoms with Crippen molar-refractivity contribution in [3.05, 3.63) is 30.1 Å². The fourth-order valence-corrected chi connectivity index (χ4v) is 3.19. The summed E-state index contributed by atoms with van der Waals surface area (Å²) in [6, 6.07) is 7.59. The van der Waals surface area contributed by atoms with Gasteiger partial charge in [0.05, 0.1) is 19.8 Å². The van der Waals surface area contributed by atoms with E-state index in [0.717, 1.165) is 24.6 Å². The Balaban J connectivity index is 1.21. The third-order valence-corrected chi connectivity index (χ3v) is 4.72. The van der Waals surface area contributed by atoms with Crippen molar-refractivity contribution in [1.29, 1.82) is 0 Å². The minimum absolute atomic E-state index is 0.0832. The van der Waals surface area contributed by atoms with Gasteiger partial charge in [-0.2, -0.15) is 0 Å². The molecule has 1 atom stereocenters. The zero-order chi connectivity index (χ0) is 19.2. The first-order valence-electron chi connectivity index (χ1n) is 9.48. The van der Waals surface area contributed by atoms with E-state index in [9.17, 15) is 4.79 Å². The van der Waals surface area contributed by atoms with E-state index in [4.69, 9.17) is 14.2 Å². The van der Waals surface area contributed by atoms with Crippen LogP contribution in [-0.2, 0) is 22.6 Å². The van der Waals surface area contributed by atoms with Crippen LogP contribution in [0.4, 0.5) is 0 Å². The number of rotatable bonds is 7. The predicted molar refractivity (Wildman–Crippen MR) is 97.9 cm³/mol. The molecule has 2 aliphatic rings. The third-order valence-electron chi connectivity index (χ3n) is 4.72. The molecule has 0 aliphatic carbocycles. The molecule has 150 valence electrons. The maximum atomic E-state index is 12.3. The number of tetrazole rings is 1. The van der Waals surface area contributed by atoms with Gasteiger partial charge in [0.25, 0.3) is 0 Å². The molecule has 2 aromatic rings. The Hall–Kier alpha value is -2.72. The highest BCUT2D eigenvalue weighted by Crippen LogP contribution is 2.31. The summed E-state index contributed by atoms with van der Waals surface area (Å²) in [6.45, 7) is 4.77. The van der Waals surface area contributed by atoms with Gasteiger partial charge in [-0.05, 0) is 22.6 Å². The number of para-hydroxylation sites is 2. The van der Waals surface area contributed by atoms with Gasteiger partial charge in [-0.15, -0.1) is 5.10 Å². The molecule has 4 rings (SSSR count). The van der Waals surface area contributed by atoms with E-state index in [1.165, 1.54) is 0 Å². The van der Waals surface area contributed by atoms with Crippen molar-refractivity contribution in [3.8, 4) is 11.5 Å². The number of nitrogens with zero attached hydrogens (tertiary/aromatic N) is 5. The first kappa shape index (κ1) is 18.6. The van der Waals surface area contributed by atoms with Crippen LogP contribution in [0.15, 0.2) is 24.3 Å². The topological polar surface area (TPSA) is 104 Å². The molecule has 1 saturated heterocycles. The Bertz CT molecular complexity index is 792. The smallest absolute Gasteiger partial charge is 0.241 e. The van der Waals surface area contributed by atoms with Crippen LogP contribution in [-0.4, -0.2) is 76.6 Å². The van der Waals surface area contributed by atoms with Gasteiger partial charge in [0.1, 0.15) is 19.3 Å². The summed E-state index contributed by atoms with van der Waals surface area (Å²) in [4.78, 5) is 14.5. The highest BCUT2D eigenvalue weighted by Gasteiger charge is 2.21. The number of carbonyl (C=O) groups excluding carboxylic acids is 1. The van der Waals surface area contributed by atoms with E-state index in [1.54, 1.807) is 4.68 Å². The summed E-state index contributed by atoms with van der Waals surface area (Å²) in [7, 11) is 0. The number of benzene rings is 1. The lowest BCUT2D eigenvalue weighted by molar-refractivity contribution is -0.122. The van der Waals surface area contributed by atoms with Gasteiger partial charge >= 0.3 is 0 Å². The van der Waals surface area contributed by atoms with Gasteiger partial charge in [0.2, 0.25) is 5.91 Å². The van der Waals surface area contributed by atoms with Crippen molar-refractivity contribution in [1.82, 2.24) is 30.4 Å². The molecule has 10 nitrogen and oxygen atoms in total. The number of hydrogen-bond donors (Lipinski definition) is 1. The van der Waals surface area contributed by atoms with Gasteiger partial charge < -0.3 is 19.5 Å². The first-order chi connectivity index (χ1) is 13.8. The highest BCUT2D eigenvalue weighted by atomic mass is 16.6. The number of carbonyl (C=O) groups is 1. The normalized spacial score (nSPS) is 19.4. The second kappa shape index (κ2) is 8.98. The molecule has 0 spiro atoms. The van der Waals surface area contributed by atoms with E-state index in [-0.39, 0.29) is 18.6 Å². The molecule has 0 saturated carbocycles. The average Bonchev–Trinajstić information content (AvgIpc) is 3.15. The number of amides is 1. The van der Waals surface area contributed by atoms with Crippen LogP contribution in [0.25, 0.3) is 0 Å². The zero-order valence-electron chi connectivity index (χ0n) is 15.6. The molecule has 28 heavy (non-hydrogen) atoms. The van der Waals surface area contributed by atoms with Gasteiger partial charge in [-0.1, -0.05) is 12.1 Å². The highest BCUT2D eigenvalue weighted by molar-refractivity contribution is 5.75. The van der Waals surface area contributed by atoms with E-state index >= 15 is 0 Å². The summed E-state index contributed by atoms with van der Waals surface area (Å²) in [5, 5.41) is 14.6. The molecule has 2 aliphatic heterocycles. The standard InChI is InChI=1S/C18H24N6O4/c25-18(12-24-17(20-21-22-24)11-23-7-9-26-10-8-23)19-6-5-14-13-27-15-3-1-2-4-16(15)28-14/h1-4,14H,5-13H2,(H,19,25). The maximum Gasteiger partial charge on any atom is 0.241 e. The molecule has 1 fully saturated rings. The SMILES string of the molecule is O=C(Cn1nnnc1CN1CCOCC1)NCCC1COc2ccccc2O1. The van der Waals surface area contributed by atoms with E-state index in [2.05, 4.69) is 25.7 Å². The van der Waals surface area contributed by atoms with Crippen molar-refractivity contribution in [2.24, 2.45) is 0 Å². The molecule has 10 heteroatoms. The lowest BCUT2D eigenvalue weighted by Gasteiger charge is -2.26. The lowest BCUT2D eigenvalue weighted by atomic mass is 10.2. The Morgan fingerprint density at radius 3 is 2.89 bits per heavy atom. The predicted octanol–water partition coefficient (Wildman–Crippen LogP) is -0.148. The number of nitrogens with one attached hydrogen (secondary N) is 1. The Labute approximate surface area is 162 Å². The molecular weight excluding hydrogens is 364 g/mol. The minimum atomic E-state index is -0.132. The van der Waals surface area contributed by atoms with Gasteiger partial charge in [0.15, 0.2) is 17.3 Å². The Kier molecular flexibility index (Phi) is 5.98. The maximum absolute atomic E-state index is 12.3. The Morgan fingerprint density at radius 2 is 2.04 bits per heavy atom. The molecule has 1 N–H and O–H groups in total. The van der Waals surface area contributed by atoms with E-state index in [1.807, 2.05) is 24.3 Å². The largest absolute Gasteiger partial charge is 0.486 e. The van der Waals surface area contributed by atoms with Crippen LogP contribution < -0.4 is 14.8 Å². The zero-order valence-corrected chi connectivity index (χ0v) is 15.6. The second-order valence-electron chi connectivity index (χ2n) is 6.78. The third kappa shape index (κ3) is 4.76. The van der Waals surface area contributed by atoms with Crippen LogP contribution in [0.5, 0.6) is 11.5 Å². The summed E-state index contributed by atoms with van der Waals surface area (Å²) < 4.78 is 18.5. The fraction of sp³-hybridized carbons (Fsp3) is 0.556. The summed E-state index contributed by atoms with van der Waals surface area (Å²) >= 11 is 0. The van der Waals surface area contributed by atoms with Crippen LogP contribution in [0, 0.1) is 0 Å². The molecule has 1 unspecified atom stereocenters. The molecule has 3 heterocycles. The first-order valence-corrected chi connectivity index (χ1v) is 9.48. The van der Waals surface area contributed by atoms with Crippen molar-refractivity contribution in [2.75, 3.05) is 39.5 Å². The molecule has 1 amide bonds. The van der Waals surface area contributed by atoms with Crippen molar-refractivity contribution >= 4 is 5.91 Å². The van der Waals surface area contributed by atoms with Crippen molar-refractivity contribution in [3.63, 3.8) is 0 Å². The number of morpholine rings is 1. The van der Waals surface area contributed by atoms with Crippen LogP contribution in [0.3, 0.4) is 0 Å². The van der Waals surface area contributed by atoms with Gasteiger partial charge in [-0.25, -0.2) is 4.68 Å². The number of ether oxygens (including phenoxy) is 3. The van der Waals surface area contributed by atoms with Crippen molar-refractivity contribution < 1.29 is 19.0 Å².